The third kappa shape index (κ3) is 5.04. The summed E-state index contributed by atoms with van der Waals surface area (Å²) in [5, 5.41) is 17.4. The number of benzene rings is 1. The maximum absolute atomic E-state index is 12.0. The fraction of sp³-hybridized carbons (Fsp3) is 0.286. The minimum Gasteiger partial charge on any atom is -0.350 e. The highest BCUT2D eigenvalue weighted by Crippen LogP contribution is 2.15. The van der Waals surface area contributed by atoms with Crippen molar-refractivity contribution >= 4 is 24.0 Å². The lowest BCUT2D eigenvalue weighted by atomic mass is 10.1. The minimum atomic E-state index is -0.496. The van der Waals surface area contributed by atoms with Gasteiger partial charge in [-0.1, -0.05) is 0 Å². The molecule has 0 fully saturated rings. The summed E-state index contributed by atoms with van der Waals surface area (Å²) >= 11 is 0. The molecule has 1 heterocycles. The van der Waals surface area contributed by atoms with Gasteiger partial charge in [-0.25, -0.2) is 4.68 Å². The molecule has 0 saturated carbocycles. The lowest BCUT2D eigenvalue weighted by Gasteiger charge is -2.18. The number of nitrogens with one attached hydrogen (secondary N) is 1. The number of nitro benzene ring substituents is 1. The van der Waals surface area contributed by atoms with Crippen LogP contribution in [0, 0.1) is 10.1 Å². The molecule has 23 heavy (non-hydrogen) atoms. The van der Waals surface area contributed by atoms with Gasteiger partial charge >= 0.3 is 0 Å². The summed E-state index contributed by atoms with van der Waals surface area (Å²) < 4.78 is 1.48. The number of nitrogens with zero attached hydrogens (tertiary/aromatic N) is 3. The predicted octanol–water partition coefficient (Wildman–Crippen LogP) is 1.67. The number of rotatable bonds is 5. The highest BCUT2D eigenvalue weighted by molar-refractivity contribution is 5.93. The second-order valence-electron chi connectivity index (χ2n) is 5.62. The van der Waals surface area contributed by atoms with E-state index >= 15 is 0 Å². The Bertz CT molecular complexity index is 691. The molecule has 0 atom stereocenters. The van der Waals surface area contributed by atoms with Gasteiger partial charge in [0.1, 0.15) is 0 Å². The number of halogens is 1. The number of aromatic nitrogens is 2. The normalized spacial score (nSPS) is 10.7. The molecule has 8 nitrogen and oxygen atoms in total. The van der Waals surface area contributed by atoms with Crippen LogP contribution >= 0.6 is 12.4 Å². The van der Waals surface area contributed by atoms with Gasteiger partial charge in [-0.15, -0.1) is 12.4 Å². The van der Waals surface area contributed by atoms with E-state index in [1.54, 1.807) is 18.3 Å². The molecule has 0 bridgehead atoms. The zero-order valence-corrected chi connectivity index (χ0v) is 13.5. The van der Waals surface area contributed by atoms with E-state index < -0.39 is 10.5 Å². The Hall–Kier alpha value is -2.45. The first-order valence-electron chi connectivity index (χ1n) is 6.63. The van der Waals surface area contributed by atoms with Gasteiger partial charge in [0.05, 0.1) is 22.4 Å². The zero-order chi connectivity index (χ0) is 16.3. The van der Waals surface area contributed by atoms with Crippen LogP contribution in [-0.2, 0) is 0 Å². The Balaban J connectivity index is 0.00000264. The molecule has 0 spiro atoms. The van der Waals surface area contributed by atoms with Crippen LogP contribution in [0.5, 0.6) is 0 Å². The van der Waals surface area contributed by atoms with Gasteiger partial charge in [-0.3, -0.25) is 14.9 Å². The van der Waals surface area contributed by atoms with Crippen LogP contribution in [-0.4, -0.2) is 32.7 Å². The van der Waals surface area contributed by atoms with Crippen molar-refractivity contribution in [3.05, 3.63) is 52.3 Å². The Morgan fingerprint density at radius 3 is 2.52 bits per heavy atom. The molecule has 3 N–H and O–H groups in total. The molecule has 124 valence electrons. The molecule has 9 heteroatoms. The lowest BCUT2D eigenvalue weighted by Crippen LogP contribution is -2.45. The molecule has 0 radical (unpaired) electrons. The molecule has 2 rings (SSSR count). The molecular weight excluding hydrogens is 322 g/mol. The molecule has 0 aliphatic carbocycles. The molecule has 0 aliphatic rings. The number of hydrogen-bond donors (Lipinski definition) is 2. The van der Waals surface area contributed by atoms with Crippen LogP contribution < -0.4 is 11.1 Å². The smallest absolute Gasteiger partial charge is 0.269 e. The highest BCUT2D eigenvalue weighted by Gasteiger charge is 2.15. The number of hydrogen-bond acceptors (Lipinski definition) is 5. The second-order valence-corrected chi connectivity index (χ2v) is 5.62. The van der Waals surface area contributed by atoms with Crippen molar-refractivity contribution in [2.24, 2.45) is 5.73 Å². The lowest BCUT2D eigenvalue weighted by molar-refractivity contribution is -0.384. The van der Waals surface area contributed by atoms with Gasteiger partial charge < -0.3 is 11.1 Å². The molecule has 1 amide bonds. The standard InChI is InChI=1S/C14H17N5O3.ClH/c1-14(2,15)9-16-13(20)10-7-17-18(8-10)11-3-5-12(6-4-11)19(21)22;/h3-8H,9,15H2,1-2H3,(H,16,20);1H. The van der Waals surface area contributed by atoms with Gasteiger partial charge in [-0.05, 0) is 26.0 Å². The number of non-ortho nitro benzene ring substituents is 1. The van der Waals surface area contributed by atoms with Gasteiger partial charge in [0.15, 0.2) is 0 Å². The van der Waals surface area contributed by atoms with Crippen molar-refractivity contribution in [3.63, 3.8) is 0 Å². The van der Waals surface area contributed by atoms with E-state index in [4.69, 9.17) is 5.73 Å². The van der Waals surface area contributed by atoms with E-state index in [9.17, 15) is 14.9 Å². The van der Waals surface area contributed by atoms with Gasteiger partial charge in [0, 0.05) is 30.4 Å². The molecule has 2 aromatic rings. The first-order chi connectivity index (χ1) is 10.3. The van der Waals surface area contributed by atoms with E-state index in [2.05, 4.69) is 10.4 Å². The van der Waals surface area contributed by atoms with E-state index in [0.29, 0.717) is 17.8 Å². The number of carbonyl (C=O) groups excluding carboxylic acids is 1. The number of nitrogens with two attached hydrogens (primary N) is 1. The van der Waals surface area contributed by atoms with Crippen LogP contribution in [0.25, 0.3) is 5.69 Å². The summed E-state index contributed by atoms with van der Waals surface area (Å²) in [6, 6.07) is 5.90. The summed E-state index contributed by atoms with van der Waals surface area (Å²) in [6.07, 6.45) is 2.99. The second kappa shape index (κ2) is 7.21. The quantitative estimate of drug-likeness (QED) is 0.635. The first kappa shape index (κ1) is 18.6. The maximum Gasteiger partial charge on any atom is 0.269 e. The number of amides is 1. The summed E-state index contributed by atoms with van der Waals surface area (Å²) in [6.45, 7) is 3.97. The minimum absolute atomic E-state index is 0. The summed E-state index contributed by atoms with van der Waals surface area (Å²) in [7, 11) is 0. The average molecular weight is 340 g/mol. The Morgan fingerprint density at radius 2 is 2.00 bits per heavy atom. The van der Waals surface area contributed by atoms with Crippen molar-refractivity contribution in [1.29, 1.82) is 0 Å². The van der Waals surface area contributed by atoms with Crippen molar-refractivity contribution in [2.75, 3.05) is 6.54 Å². The number of carbonyl (C=O) groups is 1. The fourth-order valence-corrected chi connectivity index (χ4v) is 1.72. The monoisotopic (exact) mass is 339 g/mol. The largest absolute Gasteiger partial charge is 0.350 e. The zero-order valence-electron chi connectivity index (χ0n) is 12.7. The molecule has 0 unspecified atom stereocenters. The Kier molecular flexibility index (Phi) is 5.83. The van der Waals surface area contributed by atoms with Crippen LogP contribution in [0.1, 0.15) is 24.2 Å². The van der Waals surface area contributed by atoms with Crippen molar-refractivity contribution in [1.82, 2.24) is 15.1 Å². The van der Waals surface area contributed by atoms with Crippen LogP contribution in [0.4, 0.5) is 5.69 Å². The summed E-state index contributed by atoms with van der Waals surface area (Å²) in [5.41, 5.74) is 6.33. The average Bonchev–Trinajstić information content (AvgIpc) is 2.94. The maximum atomic E-state index is 12.0. The molecule has 0 saturated heterocycles. The van der Waals surface area contributed by atoms with Gasteiger partial charge in [-0.2, -0.15) is 5.10 Å². The van der Waals surface area contributed by atoms with E-state index in [-0.39, 0.29) is 24.0 Å². The van der Waals surface area contributed by atoms with Crippen LogP contribution in [0.15, 0.2) is 36.7 Å². The molecule has 0 aliphatic heterocycles. The molecular formula is C14H18ClN5O3. The Labute approximate surface area is 139 Å². The topological polar surface area (TPSA) is 116 Å². The first-order valence-corrected chi connectivity index (χ1v) is 6.63. The van der Waals surface area contributed by atoms with Gasteiger partial charge in [0.25, 0.3) is 11.6 Å². The fourth-order valence-electron chi connectivity index (χ4n) is 1.72. The summed E-state index contributed by atoms with van der Waals surface area (Å²) in [4.78, 5) is 22.1. The van der Waals surface area contributed by atoms with Crippen molar-refractivity contribution < 1.29 is 9.72 Å². The third-order valence-electron chi connectivity index (χ3n) is 2.87. The SMILES string of the molecule is CC(C)(N)CNC(=O)c1cnn(-c2ccc([N+](=O)[O-])cc2)c1.Cl. The van der Waals surface area contributed by atoms with Crippen LogP contribution in [0.2, 0.25) is 0 Å². The molecule has 1 aromatic carbocycles. The predicted molar refractivity (Wildman–Crippen MR) is 88.1 cm³/mol. The van der Waals surface area contributed by atoms with E-state index in [1.807, 2.05) is 13.8 Å². The van der Waals surface area contributed by atoms with Crippen molar-refractivity contribution in [2.45, 2.75) is 19.4 Å². The number of nitro groups is 1. The molecule has 1 aromatic heterocycles. The summed E-state index contributed by atoms with van der Waals surface area (Å²) in [5.74, 6) is -0.272. The van der Waals surface area contributed by atoms with Gasteiger partial charge in [0.2, 0.25) is 0 Å². The van der Waals surface area contributed by atoms with E-state index in [1.165, 1.54) is 23.0 Å². The van der Waals surface area contributed by atoms with Crippen LogP contribution in [0.3, 0.4) is 0 Å². The van der Waals surface area contributed by atoms with E-state index in [0.717, 1.165) is 0 Å². The third-order valence-corrected chi connectivity index (χ3v) is 2.87. The van der Waals surface area contributed by atoms with Crippen molar-refractivity contribution in [3.8, 4) is 5.69 Å². The highest BCUT2D eigenvalue weighted by atomic mass is 35.5. The Morgan fingerprint density at radius 1 is 1.39 bits per heavy atom.